The van der Waals surface area contributed by atoms with Crippen molar-refractivity contribution < 1.29 is 18.9 Å². The Hall–Kier alpha value is -2.11. The molecule has 1 N–H and O–H groups in total. The van der Waals surface area contributed by atoms with Crippen molar-refractivity contribution in [1.29, 1.82) is 0 Å². The predicted octanol–water partition coefficient (Wildman–Crippen LogP) is 3.78. The number of halogens is 1. The van der Waals surface area contributed by atoms with Gasteiger partial charge >= 0.3 is 0 Å². The SMILES string of the molecule is Clc1cc2c(cc1COc1ccc(OCC3CCCN3)cc1)OCO2. The first-order valence-corrected chi connectivity index (χ1v) is 8.83. The highest BCUT2D eigenvalue weighted by molar-refractivity contribution is 6.31. The third kappa shape index (κ3) is 3.94. The molecule has 2 aromatic rings. The summed E-state index contributed by atoms with van der Waals surface area (Å²) in [7, 11) is 0. The molecule has 2 aliphatic rings. The lowest BCUT2D eigenvalue weighted by Gasteiger charge is -2.13. The van der Waals surface area contributed by atoms with Crippen LogP contribution in [-0.4, -0.2) is 26.0 Å². The maximum atomic E-state index is 6.26. The number of ether oxygens (including phenoxy) is 4. The molecule has 1 fully saturated rings. The smallest absolute Gasteiger partial charge is 0.231 e. The molecule has 0 spiro atoms. The van der Waals surface area contributed by atoms with Gasteiger partial charge in [0.15, 0.2) is 11.5 Å². The number of rotatable bonds is 6. The molecule has 2 aromatic carbocycles. The molecule has 2 aliphatic heterocycles. The fourth-order valence-corrected chi connectivity index (χ4v) is 3.17. The first-order chi connectivity index (χ1) is 12.3. The van der Waals surface area contributed by atoms with Crippen LogP contribution in [0.4, 0.5) is 0 Å². The van der Waals surface area contributed by atoms with E-state index in [-0.39, 0.29) is 6.79 Å². The Kier molecular flexibility index (Phi) is 4.85. The van der Waals surface area contributed by atoms with Crippen molar-refractivity contribution in [3.8, 4) is 23.0 Å². The second-order valence-electron chi connectivity index (χ2n) is 6.16. The molecule has 0 radical (unpaired) electrons. The van der Waals surface area contributed by atoms with Crippen LogP contribution in [-0.2, 0) is 6.61 Å². The average molecular weight is 362 g/mol. The van der Waals surface area contributed by atoms with Crippen LogP contribution in [0.2, 0.25) is 5.02 Å². The molecule has 25 heavy (non-hydrogen) atoms. The molecule has 6 heteroatoms. The number of nitrogens with one attached hydrogen (secondary N) is 1. The zero-order valence-corrected chi connectivity index (χ0v) is 14.6. The fraction of sp³-hybridized carbons (Fsp3) is 0.368. The highest BCUT2D eigenvalue weighted by Crippen LogP contribution is 2.37. The first-order valence-electron chi connectivity index (χ1n) is 8.45. The van der Waals surface area contributed by atoms with Gasteiger partial charge in [0.25, 0.3) is 0 Å². The molecular weight excluding hydrogens is 342 g/mol. The van der Waals surface area contributed by atoms with Crippen LogP contribution in [0.3, 0.4) is 0 Å². The van der Waals surface area contributed by atoms with Crippen molar-refractivity contribution in [3.05, 3.63) is 47.0 Å². The zero-order chi connectivity index (χ0) is 17.1. The first kappa shape index (κ1) is 16.4. The molecule has 0 saturated carbocycles. The minimum Gasteiger partial charge on any atom is -0.492 e. The molecule has 132 valence electrons. The molecule has 0 amide bonds. The lowest BCUT2D eigenvalue weighted by Crippen LogP contribution is -2.28. The molecule has 0 aromatic heterocycles. The van der Waals surface area contributed by atoms with E-state index < -0.39 is 0 Å². The van der Waals surface area contributed by atoms with Gasteiger partial charge in [0.05, 0.1) is 5.02 Å². The Morgan fingerprint density at radius 3 is 2.48 bits per heavy atom. The van der Waals surface area contributed by atoms with Gasteiger partial charge in [-0.05, 0) is 49.7 Å². The lowest BCUT2D eigenvalue weighted by atomic mass is 10.2. The Morgan fingerprint density at radius 2 is 1.76 bits per heavy atom. The Bertz CT molecular complexity index is 729. The van der Waals surface area contributed by atoms with Gasteiger partial charge in [-0.3, -0.25) is 0 Å². The van der Waals surface area contributed by atoms with E-state index in [1.54, 1.807) is 6.07 Å². The largest absolute Gasteiger partial charge is 0.492 e. The third-order valence-corrected chi connectivity index (χ3v) is 4.73. The number of benzene rings is 2. The molecule has 1 unspecified atom stereocenters. The van der Waals surface area contributed by atoms with E-state index >= 15 is 0 Å². The van der Waals surface area contributed by atoms with Gasteiger partial charge in [-0.2, -0.15) is 0 Å². The summed E-state index contributed by atoms with van der Waals surface area (Å²) in [5.74, 6) is 2.99. The normalized spacial score (nSPS) is 18.4. The van der Waals surface area contributed by atoms with Crippen LogP contribution >= 0.6 is 11.6 Å². The van der Waals surface area contributed by atoms with E-state index in [1.807, 2.05) is 30.3 Å². The maximum absolute atomic E-state index is 6.26. The Labute approximate surface area is 151 Å². The average Bonchev–Trinajstić information content (AvgIpc) is 3.30. The van der Waals surface area contributed by atoms with Crippen LogP contribution in [0.25, 0.3) is 0 Å². The summed E-state index contributed by atoms with van der Waals surface area (Å²) in [4.78, 5) is 0. The molecule has 1 saturated heterocycles. The van der Waals surface area contributed by atoms with Gasteiger partial charge in [-0.15, -0.1) is 0 Å². The van der Waals surface area contributed by atoms with Crippen molar-refractivity contribution in [2.24, 2.45) is 0 Å². The van der Waals surface area contributed by atoms with Gasteiger partial charge < -0.3 is 24.3 Å². The quantitative estimate of drug-likeness (QED) is 0.848. The fourth-order valence-electron chi connectivity index (χ4n) is 2.96. The Morgan fingerprint density at radius 1 is 1.04 bits per heavy atom. The monoisotopic (exact) mass is 361 g/mol. The molecule has 4 rings (SSSR count). The van der Waals surface area contributed by atoms with Crippen LogP contribution < -0.4 is 24.3 Å². The van der Waals surface area contributed by atoms with Gasteiger partial charge in [0.2, 0.25) is 6.79 Å². The predicted molar refractivity (Wildman–Crippen MR) is 94.9 cm³/mol. The summed E-state index contributed by atoms with van der Waals surface area (Å²) in [6.07, 6.45) is 2.40. The summed E-state index contributed by atoms with van der Waals surface area (Å²) in [6.45, 7) is 2.38. The van der Waals surface area contributed by atoms with Crippen LogP contribution in [0, 0.1) is 0 Å². The molecule has 5 nitrogen and oxygen atoms in total. The topological polar surface area (TPSA) is 49.0 Å². The highest BCUT2D eigenvalue weighted by Gasteiger charge is 2.17. The minimum atomic E-state index is 0.230. The van der Waals surface area contributed by atoms with E-state index in [2.05, 4.69) is 5.32 Å². The van der Waals surface area contributed by atoms with Crippen molar-refractivity contribution in [1.82, 2.24) is 5.32 Å². The summed E-state index contributed by atoms with van der Waals surface area (Å²) in [5.41, 5.74) is 0.860. The Balaban J connectivity index is 1.32. The molecular formula is C19H20ClNO4. The van der Waals surface area contributed by atoms with Gasteiger partial charge in [-0.25, -0.2) is 0 Å². The molecule has 1 atom stereocenters. The van der Waals surface area contributed by atoms with E-state index in [1.165, 1.54) is 12.8 Å². The van der Waals surface area contributed by atoms with Crippen molar-refractivity contribution >= 4 is 11.6 Å². The van der Waals surface area contributed by atoms with Crippen molar-refractivity contribution in [2.45, 2.75) is 25.5 Å². The molecule has 0 bridgehead atoms. The van der Waals surface area contributed by atoms with E-state index in [0.29, 0.717) is 35.8 Å². The minimum absolute atomic E-state index is 0.230. The number of hydrogen-bond acceptors (Lipinski definition) is 5. The standard InChI is InChI=1S/C19H20ClNO4/c20-17-9-19-18(24-12-25-19)8-13(17)10-22-15-3-5-16(6-4-15)23-11-14-2-1-7-21-14/h3-6,8-9,14,21H,1-2,7,10-12H2. The molecule has 2 heterocycles. The summed E-state index contributed by atoms with van der Waals surface area (Å²) >= 11 is 6.26. The van der Waals surface area contributed by atoms with E-state index in [0.717, 1.165) is 23.6 Å². The lowest BCUT2D eigenvalue weighted by molar-refractivity contribution is 0.174. The van der Waals surface area contributed by atoms with Crippen molar-refractivity contribution in [2.75, 3.05) is 19.9 Å². The maximum Gasteiger partial charge on any atom is 0.231 e. The third-order valence-electron chi connectivity index (χ3n) is 4.37. The van der Waals surface area contributed by atoms with E-state index in [9.17, 15) is 0 Å². The van der Waals surface area contributed by atoms with Gasteiger partial charge in [0, 0.05) is 17.7 Å². The summed E-state index contributed by atoms with van der Waals surface area (Å²) < 4.78 is 22.3. The second kappa shape index (κ2) is 7.42. The highest BCUT2D eigenvalue weighted by atomic mass is 35.5. The van der Waals surface area contributed by atoms with Crippen molar-refractivity contribution in [3.63, 3.8) is 0 Å². The van der Waals surface area contributed by atoms with Crippen LogP contribution in [0.1, 0.15) is 18.4 Å². The van der Waals surface area contributed by atoms with Crippen LogP contribution in [0.5, 0.6) is 23.0 Å². The molecule has 0 aliphatic carbocycles. The van der Waals surface area contributed by atoms with E-state index in [4.69, 9.17) is 30.5 Å². The summed E-state index contributed by atoms with van der Waals surface area (Å²) in [6, 6.07) is 11.7. The second-order valence-corrected chi connectivity index (χ2v) is 6.57. The van der Waals surface area contributed by atoms with Gasteiger partial charge in [0.1, 0.15) is 24.7 Å². The summed E-state index contributed by atoms with van der Waals surface area (Å²) in [5, 5.41) is 4.02. The zero-order valence-electron chi connectivity index (χ0n) is 13.8. The number of hydrogen-bond donors (Lipinski definition) is 1. The van der Waals surface area contributed by atoms with Gasteiger partial charge in [-0.1, -0.05) is 11.6 Å². The number of fused-ring (bicyclic) bond motifs is 1. The van der Waals surface area contributed by atoms with Crippen LogP contribution in [0.15, 0.2) is 36.4 Å².